The van der Waals surface area contributed by atoms with Crippen molar-refractivity contribution in [2.24, 2.45) is 0 Å². The Kier molecular flexibility index (Phi) is 2.96. The van der Waals surface area contributed by atoms with Crippen LogP contribution >= 0.6 is 0 Å². The van der Waals surface area contributed by atoms with Gasteiger partial charge >= 0.3 is 0 Å². The lowest BCUT2D eigenvalue weighted by atomic mass is 10.2. The highest BCUT2D eigenvalue weighted by Gasteiger charge is 2.28. The van der Waals surface area contributed by atoms with E-state index in [2.05, 4.69) is 9.88 Å². The fourth-order valence-electron chi connectivity index (χ4n) is 2.01. The fourth-order valence-corrected chi connectivity index (χ4v) is 2.01. The van der Waals surface area contributed by atoms with Gasteiger partial charge in [-0.1, -0.05) is 0 Å². The molecule has 0 spiro atoms. The lowest BCUT2D eigenvalue weighted by Crippen LogP contribution is -2.34. The van der Waals surface area contributed by atoms with Crippen molar-refractivity contribution in [3.63, 3.8) is 0 Å². The van der Waals surface area contributed by atoms with Crippen molar-refractivity contribution in [1.29, 1.82) is 0 Å². The third-order valence-corrected chi connectivity index (χ3v) is 3.06. The summed E-state index contributed by atoms with van der Waals surface area (Å²) < 4.78 is 12.8. The van der Waals surface area contributed by atoms with E-state index in [1.54, 1.807) is 4.90 Å². The van der Waals surface area contributed by atoms with Gasteiger partial charge < -0.3 is 14.8 Å². The molecule has 5 heteroatoms. The van der Waals surface area contributed by atoms with Crippen LogP contribution in [0.1, 0.15) is 16.9 Å². The molecule has 0 bridgehead atoms. The Morgan fingerprint density at radius 1 is 1.62 bits per heavy atom. The normalized spacial score (nSPS) is 20.8. The lowest BCUT2D eigenvalue weighted by Gasteiger charge is -2.19. The Balaban J connectivity index is 2.02. The van der Waals surface area contributed by atoms with Crippen molar-refractivity contribution >= 4 is 5.91 Å². The molecular weight excluding hydrogens is 209 g/mol. The SMILES string of the molecule is CN(C)C1CCN(C(=O)c2cc(F)c[nH]2)C1. The van der Waals surface area contributed by atoms with Crippen LogP contribution in [0, 0.1) is 5.82 Å². The summed E-state index contributed by atoms with van der Waals surface area (Å²) in [5.41, 5.74) is 0.330. The number of carbonyl (C=O) groups is 1. The van der Waals surface area contributed by atoms with Crippen LogP contribution in [0.4, 0.5) is 4.39 Å². The molecule has 1 fully saturated rings. The number of amides is 1. The highest BCUT2D eigenvalue weighted by atomic mass is 19.1. The zero-order valence-electron chi connectivity index (χ0n) is 9.53. The number of carbonyl (C=O) groups excluding carboxylic acids is 1. The van der Waals surface area contributed by atoms with Crippen molar-refractivity contribution in [1.82, 2.24) is 14.8 Å². The van der Waals surface area contributed by atoms with Crippen LogP contribution in [0.15, 0.2) is 12.3 Å². The maximum absolute atomic E-state index is 12.8. The maximum atomic E-state index is 12.8. The minimum absolute atomic E-state index is 0.117. The molecule has 2 rings (SSSR count). The molecule has 0 saturated carbocycles. The molecule has 0 aromatic carbocycles. The Morgan fingerprint density at radius 3 is 2.88 bits per heavy atom. The molecule has 1 amide bonds. The van der Waals surface area contributed by atoms with E-state index < -0.39 is 5.82 Å². The first-order chi connectivity index (χ1) is 7.58. The monoisotopic (exact) mass is 225 g/mol. The zero-order valence-corrected chi connectivity index (χ0v) is 9.53. The van der Waals surface area contributed by atoms with Crippen LogP contribution in [0.5, 0.6) is 0 Å². The topological polar surface area (TPSA) is 39.3 Å². The summed E-state index contributed by atoms with van der Waals surface area (Å²) in [5, 5.41) is 0. The van der Waals surface area contributed by atoms with Gasteiger partial charge in [-0.25, -0.2) is 4.39 Å². The number of likely N-dealkylation sites (N-methyl/N-ethyl adjacent to an activating group) is 1. The van der Waals surface area contributed by atoms with Gasteiger partial charge in [0.05, 0.1) is 0 Å². The minimum atomic E-state index is -0.397. The van der Waals surface area contributed by atoms with E-state index in [4.69, 9.17) is 0 Å². The smallest absolute Gasteiger partial charge is 0.270 e. The van der Waals surface area contributed by atoms with Gasteiger partial charge in [0.25, 0.3) is 5.91 Å². The first kappa shape index (κ1) is 11.1. The highest BCUT2D eigenvalue weighted by Crippen LogP contribution is 2.16. The van der Waals surface area contributed by atoms with E-state index in [0.717, 1.165) is 13.0 Å². The zero-order chi connectivity index (χ0) is 11.7. The first-order valence-electron chi connectivity index (χ1n) is 5.37. The van der Waals surface area contributed by atoms with Crippen molar-refractivity contribution in [3.8, 4) is 0 Å². The summed E-state index contributed by atoms with van der Waals surface area (Å²) in [6, 6.07) is 1.65. The number of aromatic amines is 1. The van der Waals surface area contributed by atoms with E-state index in [1.165, 1.54) is 12.3 Å². The molecule has 1 unspecified atom stereocenters. The minimum Gasteiger partial charge on any atom is -0.355 e. The van der Waals surface area contributed by atoms with Crippen molar-refractivity contribution in [3.05, 3.63) is 23.8 Å². The number of rotatable bonds is 2. The molecule has 1 aromatic rings. The number of halogens is 1. The van der Waals surface area contributed by atoms with Gasteiger partial charge in [-0.15, -0.1) is 0 Å². The van der Waals surface area contributed by atoms with Crippen molar-refractivity contribution in [2.75, 3.05) is 27.2 Å². The Bertz CT molecular complexity index is 388. The molecule has 16 heavy (non-hydrogen) atoms. The van der Waals surface area contributed by atoms with Gasteiger partial charge in [0, 0.05) is 31.4 Å². The van der Waals surface area contributed by atoms with E-state index in [9.17, 15) is 9.18 Å². The Hall–Kier alpha value is -1.36. The molecule has 1 aromatic heterocycles. The van der Waals surface area contributed by atoms with E-state index in [-0.39, 0.29) is 5.91 Å². The number of likely N-dealkylation sites (tertiary alicyclic amines) is 1. The molecule has 88 valence electrons. The predicted octanol–water partition coefficient (Wildman–Crippen LogP) is 0.930. The second-order valence-electron chi connectivity index (χ2n) is 4.39. The standard InChI is InChI=1S/C11H16FN3O/c1-14(2)9-3-4-15(7-9)11(16)10-5-8(12)6-13-10/h5-6,9,13H,3-4,7H2,1-2H3. The van der Waals surface area contributed by atoms with Gasteiger partial charge in [-0.3, -0.25) is 4.79 Å². The molecule has 0 aliphatic carbocycles. The van der Waals surface area contributed by atoms with E-state index in [0.29, 0.717) is 18.3 Å². The summed E-state index contributed by atoms with van der Waals surface area (Å²) in [5.74, 6) is -0.514. The van der Waals surface area contributed by atoms with Crippen LogP contribution < -0.4 is 0 Å². The van der Waals surface area contributed by atoms with Gasteiger partial charge in [-0.05, 0) is 20.5 Å². The summed E-state index contributed by atoms with van der Waals surface area (Å²) in [6.45, 7) is 1.45. The van der Waals surface area contributed by atoms with E-state index in [1.807, 2.05) is 14.1 Å². The first-order valence-corrected chi connectivity index (χ1v) is 5.37. The number of hydrogen-bond acceptors (Lipinski definition) is 2. The Labute approximate surface area is 94.0 Å². The molecule has 1 N–H and O–H groups in total. The fraction of sp³-hybridized carbons (Fsp3) is 0.545. The van der Waals surface area contributed by atoms with Crippen LogP contribution in [0.25, 0.3) is 0 Å². The van der Waals surface area contributed by atoms with Crippen molar-refractivity contribution in [2.45, 2.75) is 12.5 Å². The van der Waals surface area contributed by atoms with Gasteiger partial charge in [0.15, 0.2) is 0 Å². The van der Waals surface area contributed by atoms with Crippen LogP contribution in [-0.4, -0.2) is 53.9 Å². The third kappa shape index (κ3) is 2.09. The highest BCUT2D eigenvalue weighted by molar-refractivity contribution is 5.92. The molecular formula is C11H16FN3O. The molecule has 1 atom stereocenters. The summed E-state index contributed by atoms with van der Waals surface area (Å²) in [6.07, 6.45) is 2.18. The molecule has 2 heterocycles. The number of nitrogens with one attached hydrogen (secondary N) is 1. The molecule has 1 aliphatic heterocycles. The predicted molar refractivity (Wildman–Crippen MR) is 58.7 cm³/mol. The average Bonchev–Trinajstić information content (AvgIpc) is 2.84. The van der Waals surface area contributed by atoms with Gasteiger partial charge in [0.2, 0.25) is 0 Å². The molecule has 1 saturated heterocycles. The quantitative estimate of drug-likeness (QED) is 0.813. The number of H-pyrrole nitrogens is 1. The second kappa shape index (κ2) is 4.25. The molecule has 1 aliphatic rings. The molecule has 0 radical (unpaired) electrons. The largest absolute Gasteiger partial charge is 0.355 e. The van der Waals surface area contributed by atoms with E-state index >= 15 is 0 Å². The second-order valence-corrected chi connectivity index (χ2v) is 4.39. The van der Waals surface area contributed by atoms with Gasteiger partial charge in [-0.2, -0.15) is 0 Å². The maximum Gasteiger partial charge on any atom is 0.270 e. The van der Waals surface area contributed by atoms with Crippen LogP contribution in [-0.2, 0) is 0 Å². The average molecular weight is 225 g/mol. The van der Waals surface area contributed by atoms with Gasteiger partial charge in [0.1, 0.15) is 11.5 Å². The van der Waals surface area contributed by atoms with Crippen LogP contribution in [0.2, 0.25) is 0 Å². The third-order valence-electron chi connectivity index (χ3n) is 3.06. The van der Waals surface area contributed by atoms with Crippen molar-refractivity contribution < 1.29 is 9.18 Å². The summed E-state index contributed by atoms with van der Waals surface area (Å²) >= 11 is 0. The number of aromatic nitrogens is 1. The Morgan fingerprint density at radius 2 is 2.38 bits per heavy atom. The number of hydrogen-bond donors (Lipinski definition) is 1. The lowest BCUT2D eigenvalue weighted by molar-refractivity contribution is 0.0778. The van der Waals surface area contributed by atoms with Crippen LogP contribution in [0.3, 0.4) is 0 Å². The summed E-state index contributed by atoms with van der Waals surface area (Å²) in [7, 11) is 4.01. The number of nitrogens with zero attached hydrogens (tertiary/aromatic N) is 2. The molecule has 4 nitrogen and oxygen atoms in total. The summed E-state index contributed by atoms with van der Waals surface area (Å²) in [4.78, 5) is 18.5.